The Kier molecular flexibility index (Phi) is 3.66. The highest BCUT2D eigenvalue weighted by atomic mass is 32.2. The van der Waals surface area contributed by atoms with E-state index in [1.165, 1.54) is 11.8 Å². The zero-order valence-electron chi connectivity index (χ0n) is 9.46. The molecule has 0 saturated heterocycles. The molecule has 88 valence electrons. The summed E-state index contributed by atoms with van der Waals surface area (Å²) in [6.07, 6.45) is 0. The Hall–Kier alpha value is -2.25. The second kappa shape index (κ2) is 5.39. The first-order valence-corrected chi connectivity index (χ1v) is 6.10. The van der Waals surface area contributed by atoms with Gasteiger partial charge >= 0.3 is 0 Å². The lowest BCUT2D eigenvalue weighted by Gasteiger charge is -2.07. The molecule has 0 aromatic heterocycles. The van der Waals surface area contributed by atoms with Gasteiger partial charge in [0.25, 0.3) is 0 Å². The molecule has 0 radical (unpaired) electrons. The first kappa shape index (κ1) is 12.2. The van der Waals surface area contributed by atoms with Crippen molar-refractivity contribution in [2.24, 2.45) is 5.73 Å². The predicted molar refractivity (Wildman–Crippen MR) is 70.2 cm³/mol. The zero-order chi connectivity index (χ0) is 13.0. The lowest BCUT2D eigenvalue weighted by molar-refractivity contribution is 0.0997. The minimum Gasteiger partial charge on any atom is -0.366 e. The number of nitrogens with zero attached hydrogens (tertiary/aromatic N) is 1. The summed E-state index contributed by atoms with van der Waals surface area (Å²) in [5, 5.41) is 9.02. The van der Waals surface area contributed by atoms with Crippen LogP contribution in [0.1, 0.15) is 15.9 Å². The average Bonchev–Trinajstić information content (AvgIpc) is 2.40. The van der Waals surface area contributed by atoms with Crippen LogP contribution in [0.25, 0.3) is 0 Å². The number of carbonyl (C=O) groups is 1. The molecule has 2 aromatic carbocycles. The maximum absolute atomic E-state index is 11.3. The van der Waals surface area contributed by atoms with Crippen LogP contribution in [0.5, 0.6) is 0 Å². The Labute approximate surface area is 109 Å². The molecule has 0 unspecified atom stereocenters. The van der Waals surface area contributed by atoms with Gasteiger partial charge in [-0.25, -0.2) is 0 Å². The zero-order valence-corrected chi connectivity index (χ0v) is 10.3. The van der Waals surface area contributed by atoms with E-state index in [2.05, 4.69) is 6.07 Å². The van der Waals surface area contributed by atoms with Crippen LogP contribution in [0, 0.1) is 11.3 Å². The van der Waals surface area contributed by atoms with Crippen molar-refractivity contribution in [2.75, 3.05) is 0 Å². The molecule has 0 aliphatic heterocycles. The molecular formula is C14H10N2OS. The number of hydrogen-bond acceptors (Lipinski definition) is 3. The van der Waals surface area contributed by atoms with E-state index in [0.29, 0.717) is 11.1 Å². The van der Waals surface area contributed by atoms with Crippen LogP contribution < -0.4 is 5.73 Å². The van der Waals surface area contributed by atoms with E-state index in [9.17, 15) is 4.79 Å². The van der Waals surface area contributed by atoms with E-state index in [0.717, 1.165) is 9.79 Å². The van der Waals surface area contributed by atoms with Gasteiger partial charge < -0.3 is 5.73 Å². The molecule has 2 N–H and O–H groups in total. The van der Waals surface area contributed by atoms with Gasteiger partial charge in [0.15, 0.2) is 0 Å². The Morgan fingerprint density at radius 2 is 1.67 bits per heavy atom. The third-order valence-corrected chi connectivity index (χ3v) is 3.53. The van der Waals surface area contributed by atoms with Crippen molar-refractivity contribution < 1.29 is 4.79 Å². The van der Waals surface area contributed by atoms with E-state index < -0.39 is 5.91 Å². The third-order valence-electron chi connectivity index (χ3n) is 2.38. The van der Waals surface area contributed by atoms with E-state index in [1.54, 1.807) is 18.2 Å². The van der Waals surface area contributed by atoms with Gasteiger partial charge in [-0.15, -0.1) is 0 Å². The molecule has 0 aliphatic rings. The Morgan fingerprint density at radius 3 is 2.33 bits per heavy atom. The third kappa shape index (κ3) is 2.53. The molecule has 2 aromatic rings. The molecule has 1 amide bonds. The monoisotopic (exact) mass is 254 g/mol. The van der Waals surface area contributed by atoms with Crippen LogP contribution in [-0.4, -0.2) is 5.91 Å². The standard InChI is InChI=1S/C14H10N2OS/c15-9-10-5-1-3-7-12(10)18-13-8-4-2-6-11(13)14(16)17/h1-8H,(H2,16,17). The highest BCUT2D eigenvalue weighted by Gasteiger charge is 2.10. The molecule has 0 aliphatic carbocycles. The van der Waals surface area contributed by atoms with Crippen molar-refractivity contribution in [1.82, 2.24) is 0 Å². The van der Waals surface area contributed by atoms with Crippen LogP contribution in [-0.2, 0) is 0 Å². The summed E-state index contributed by atoms with van der Waals surface area (Å²) in [6.45, 7) is 0. The molecule has 0 spiro atoms. The molecule has 0 saturated carbocycles. The van der Waals surface area contributed by atoms with Crippen molar-refractivity contribution in [3.05, 3.63) is 59.7 Å². The van der Waals surface area contributed by atoms with Gasteiger partial charge in [0.2, 0.25) is 5.91 Å². The summed E-state index contributed by atoms with van der Waals surface area (Å²) < 4.78 is 0. The number of hydrogen-bond donors (Lipinski definition) is 1. The van der Waals surface area contributed by atoms with Gasteiger partial charge in [0, 0.05) is 9.79 Å². The quantitative estimate of drug-likeness (QED) is 0.915. The van der Waals surface area contributed by atoms with Gasteiger partial charge in [-0.3, -0.25) is 4.79 Å². The number of rotatable bonds is 3. The van der Waals surface area contributed by atoms with Crippen LogP contribution in [0.4, 0.5) is 0 Å². The number of benzene rings is 2. The normalized spacial score (nSPS) is 9.72. The summed E-state index contributed by atoms with van der Waals surface area (Å²) >= 11 is 1.37. The van der Waals surface area contributed by atoms with Crippen molar-refractivity contribution in [2.45, 2.75) is 9.79 Å². The van der Waals surface area contributed by atoms with Crippen LogP contribution in [0.3, 0.4) is 0 Å². The molecule has 3 nitrogen and oxygen atoms in total. The van der Waals surface area contributed by atoms with Gasteiger partial charge in [-0.1, -0.05) is 36.0 Å². The Bertz CT molecular complexity index is 632. The summed E-state index contributed by atoms with van der Waals surface area (Å²) in [4.78, 5) is 12.9. The highest BCUT2D eigenvalue weighted by molar-refractivity contribution is 7.99. The molecule has 18 heavy (non-hydrogen) atoms. The average molecular weight is 254 g/mol. The van der Waals surface area contributed by atoms with Crippen LogP contribution in [0.15, 0.2) is 58.3 Å². The number of carbonyl (C=O) groups excluding carboxylic acids is 1. The van der Waals surface area contributed by atoms with Crippen molar-refractivity contribution in [1.29, 1.82) is 5.26 Å². The molecule has 0 bridgehead atoms. The smallest absolute Gasteiger partial charge is 0.249 e. The van der Waals surface area contributed by atoms with E-state index in [4.69, 9.17) is 11.0 Å². The van der Waals surface area contributed by atoms with Crippen LogP contribution >= 0.6 is 11.8 Å². The van der Waals surface area contributed by atoms with Crippen molar-refractivity contribution >= 4 is 17.7 Å². The van der Waals surface area contributed by atoms with Gasteiger partial charge in [0.1, 0.15) is 6.07 Å². The minimum atomic E-state index is -0.465. The summed E-state index contributed by atoms with van der Waals surface area (Å²) in [7, 11) is 0. The lowest BCUT2D eigenvalue weighted by atomic mass is 10.2. The topological polar surface area (TPSA) is 66.9 Å². The maximum atomic E-state index is 11.3. The second-order valence-electron chi connectivity index (χ2n) is 3.57. The number of nitrogens with two attached hydrogens (primary N) is 1. The predicted octanol–water partition coefficient (Wildman–Crippen LogP) is 2.81. The Balaban J connectivity index is 2.41. The number of amides is 1. The molecular weight excluding hydrogens is 244 g/mol. The van der Waals surface area contributed by atoms with Crippen molar-refractivity contribution in [3.63, 3.8) is 0 Å². The largest absolute Gasteiger partial charge is 0.366 e. The summed E-state index contributed by atoms with van der Waals surface area (Å²) in [5.41, 5.74) is 6.37. The maximum Gasteiger partial charge on any atom is 0.249 e. The SMILES string of the molecule is N#Cc1ccccc1Sc1ccccc1C(N)=O. The summed E-state index contributed by atoms with van der Waals surface area (Å²) in [5.74, 6) is -0.465. The van der Waals surface area contributed by atoms with Gasteiger partial charge in [-0.05, 0) is 24.3 Å². The number of primary amides is 1. The fourth-order valence-corrected chi connectivity index (χ4v) is 2.56. The first-order valence-electron chi connectivity index (χ1n) is 5.28. The number of nitriles is 1. The second-order valence-corrected chi connectivity index (χ2v) is 4.65. The summed E-state index contributed by atoms with van der Waals surface area (Å²) in [6, 6.07) is 16.5. The molecule has 0 heterocycles. The first-order chi connectivity index (χ1) is 8.72. The molecule has 0 fully saturated rings. The molecule has 2 rings (SSSR count). The van der Waals surface area contributed by atoms with E-state index in [1.807, 2.05) is 30.3 Å². The lowest BCUT2D eigenvalue weighted by Crippen LogP contribution is -2.11. The fraction of sp³-hybridized carbons (Fsp3) is 0. The molecule has 0 atom stereocenters. The van der Waals surface area contributed by atoms with Gasteiger partial charge in [0.05, 0.1) is 11.1 Å². The Morgan fingerprint density at radius 1 is 1.06 bits per heavy atom. The van der Waals surface area contributed by atoms with Crippen molar-refractivity contribution in [3.8, 4) is 6.07 Å². The van der Waals surface area contributed by atoms with Gasteiger partial charge in [-0.2, -0.15) is 5.26 Å². The van der Waals surface area contributed by atoms with Crippen LogP contribution in [0.2, 0.25) is 0 Å². The fourth-order valence-electron chi connectivity index (χ4n) is 1.53. The van der Waals surface area contributed by atoms with E-state index in [-0.39, 0.29) is 0 Å². The van der Waals surface area contributed by atoms with E-state index >= 15 is 0 Å². The minimum absolute atomic E-state index is 0.465. The molecule has 4 heteroatoms. The highest BCUT2D eigenvalue weighted by Crippen LogP contribution is 2.32.